The zero-order chi connectivity index (χ0) is 27.8. The van der Waals surface area contributed by atoms with Crippen molar-refractivity contribution >= 4 is 44.3 Å². The standard InChI is InChI=1S/C27H28N4O7S/c1-27(20-5-3-19-16-22(37-2)8-4-18(19)15-20)25(33)31(26(34)29-27)17-24(32)28-21-6-9-23(10-7-21)39(35,36)30-11-13-38-14-12-30/h3-10,15-16H,11-14,17H2,1-2H3,(H,28,32)(H,29,34)/t27-/m0/s1. The topological polar surface area (TPSA) is 134 Å². The second-order valence-electron chi connectivity index (χ2n) is 9.46. The molecule has 0 bridgehead atoms. The van der Waals surface area contributed by atoms with Gasteiger partial charge in [0.25, 0.3) is 5.91 Å². The van der Waals surface area contributed by atoms with Crippen LogP contribution < -0.4 is 15.4 Å². The molecule has 11 nitrogen and oxygen atoms in total. The molecule has 5 rings (SSSR count). The van der Waals surface area contributed by atoms with Crippen LogP contribution in [0, 0.1) is 0 Å². The predicted octanol–water partition coefficient (Wildman–Crippen LogP) is 2.28. The summed E-state index contributed by atoms with van der Waals surface area (Å²) in [6.07, 6.45) is 0. The molecule has 0 radical (unpaired) electrons. The summed E-state index contributed by atoms with van der Waals surface area (Å²) in [6.45, 7) is 2.33. The van der Waals surface area contributed by atoms with Crippen molar-refractivity contribution in [1.82, 2.24) is 14.5 Å². The van der Waals surface area contributed by atoms with Crippen molar-refractivity contribution in [2.45, 2.75) is 17.4 Å². The van der Waals surface area contributed by atoms with Crippen LogP contribution >= 0.6 is 0 Å². The Morgan fingerprint density at radius 1 is 1.03 bits per heavy atom. The van der Waals surface area contributed by atoms with E-state index in [4.69, 9.17) is 9.47 Å². The van der Waals surface area contributed by atoms with Crippen LogP contribution in [0.25, 0.3) is 10.8 Å². The van der Waals surface area contributed by atoms with Crippen molar-refractivity contribution < 1.29 is 32.3 Å². The molecule has 12 heteroatoms. The number of benzene rings is 3. The number of sulfonamides is 1. The summed E-state index contributed by atoms with van der Waals surface area (Å²) < 4.78 is 37.4. The molecule has 0 aromatic heterocycles. The van der Waals surface area contributed by atoms with Gasteiger partial charge in [0.05, 0.1) is 25.2 Å². The number of carbonyl (C=O) groups is 3. The van der Waals surface area contributed by atoms with Crippen LogP contribution in [-0.4, -0.2) is 75.4 Å². The van der Waals surface area contributed by atoms with Crippen LogP contribution in [0.4, 0.5) is 10.5 Å². The average molecular weight is 553 g/mol. The van der Waals surface area contributed by atoms with Gasteiger partial charge in [-0.2, -0.15) is 4.31 Å². The van der Waals surface area contributed by atoms with Gasteiger partial charge < -0.3 is 20.1 Å². The van der Waals surface area contributed by atoms with Crippen molar-refractivity contribution in [3.05, 3.63) is 66.2 Å². The first-order chi connectivity index (χ1) is 18.6. The first-order valence-electron chi connectivity index (χ1n) is 12.3. The van der Waals surface area contributed by atoms with E-state index in [9.17, 15) is 22.8 Å². The number of carbonyl (C=O) groups excluding carboxylic acids is 3. The summed E-state index contributed by atoms with van der Waals surface area (Å²) in [6, 6.07) is 16.0. The molecule has 2 aliphatic rings. The first-order valence-corrected chi connectivity index (χ1v) is 13.8. The molecule has 2 aliphatic heterocycles. The van der Waals surface area contributed by atoms with Crippen LogP contribution in [0.15, 0.2) is 65.6 Å². The molecule has 39 heavy (non-hydrogen) atoms. The van der Waals surface area contributed by atoms with E-state index in [2.05, 4.69) is 10.6 Å². The summed E-state index contributed by atoms with van der Waals surface area (Å²) in [5.41, 5.74) is -0.430. The lowest BCUT2D eigenvalue weighted by molar-refractivity contribution is -0.133. The molecule has 0 aliphatic carbocycles. The average Bonchev–Trinajstić information content (AvgIpc) is 3.16. The second-order valence-corrected chi connectivity index (χ2v) is 11.4. The maximum absolute atomic E-state index is 13.3. The lowest BCUT2D eigenvalue weighted by Crippen LogP contribution is -2.42. The highest BCUT2D eigenvalue weighted by Crippen LogP contribution is 2.32. The lowest BCUT2D eigenvalue weighted by atomic mass is 9.90. The van der Waals surface area contributed by atoms with Gasteiger partial charge in [0.15, 0.2) is 0 Å². The van der Waals surface area contributed by atoms with E-state index >= 15 is 0 Å². The van der Waals surface area contributed by atoms with Crippen molar-refractivity contribution in [2.75, 3.05) is 45.3 Å². The van der Waals surface area contributed by atoms with E-state index in [-0.39, 0.29) is 18.0 Å². The molecule has 4 amide bonds. The molecule has 0 saturated carbocycles. The molecule has 2 heterocycles. The highest BCUT2D eigenvalue weighted by atomic mass is 32.2. The summed E-state index contributed by atoms with van der Waals surface area (Å²) in [5, 5.41) is 7.11. The Morgan fingerprint density at radius 2 is 1.69 bits per heavy atom. The fourth-order valence-corrected chi connectivity index (χ4v) is 6.10. The molecule has 0 spiro atoms. The molecular weight excluding hydrogens is 524 g/mol. The molecule has 0 unspecified atom stereocenters. The Kier molecular flexibility index (Phi) is 7.02. The molecule has 3 aromatic rings. The Morgan fingerprint density at radius 3 is 2.38 bits per heavy atom. The smallest absolute Gasteiger partial charge is 0.325 e. The normalized spacial score (nSPS) is 20.2. The molecule has 2 fully saturated rings. The van der Waals surface area contributed by atoms with E-state index in [1.165, 1.54) is 28.6 Å². The number of nitrogens with zero attached hydrogens (tertiary/aromatic N) is 2. The molecule has 2 N–H and O–H groups in total. The predicted molar refractivity (Wildman–Crippen MR) is 143 cm³/mol. The largest absolute Gasteiger partial charge is 0.497 e. The van der Waals surface area contributed by atoms with Gasteiger partial charge in [-0.15, -0.1) is 0 Å². The van der Waals surface area contributed by atoms with Crippen LogP contribution in [0.3, 0.4) is 0 Å². The molecule has 2 saturated heterocycles. The fraction of sp³-hybridized carbons (Fsp3) is 0.296. The van der Waals surface area contributed by atoms with Gasteiger partial charge in [0.1, 0.15) is 17.8 Å². The minimum atomic E-state index is -3.67. The minimum Gasteiger partial charge on any atom is -0.497 e. The molecular formula is C27H28N4O7S. The van der Waals surface area contributed by atoms with Gasteiger partial charge in [0.2, 0.25) is 15.9 Å². The first kappa shape index (κ1) is 26.6. The maximum atomic E-state index is 13.3. The van der Waals surface area contributed by atoms with E-state index in [1.54, 1.807) is 20.1 Å². The number of imide groups is 1. The lowest BCUT2D eigenvalue weighted by Gasteiger charge is -2.26. The number of morpholine rings is 1. The third kappa shape index (κ3) is 5.05. The number of rotatable bonds is 7. The number of anilines is 1. The number of methoxy groups -OCH3 is 1. The number of hydrogen-bond donors (Lipinski definition) is 2. The van der Waals surface area contributed by atoms with E-state index in [1.807, 2.05) is 30.3 Å². The summed E-state index contributed by atoms with van der Waals surface area (Å²) >= 11 is 0. The Labute approximate surface area is 225 Å². The van der Waals surface area contributed by atoms with Gasteiger partial charge >= 0.3 is 6.03 Å². The van der Waals surface area contributed by atoms with Gasteiger partial charge in [-0.25, -0.2) is 13.2 Å². The van der Waals surface area contributed by atoms with Crippen LogP contribution in [0.1, 0.15) is 12.5 Å². The Bertz CT molecular complexity index is 1550. The van der Waals surface area contributed by atoms with Gasteiger partial charge in [-0.1, -0.05) is 18.2 Å². The van der Waals surface area contributed by atoms with Gasteiger partial charge in [0, 0.05) is 18.8 Å². The van der Waals surface area contributed by atoms with Crippen molar-refractivity contribution in [2.24, 2.45) is 0 Å². The monoisotopic (exact) mass is 552 g/mol. The summed E-state index contributed by atoms with van der Waals surface area (Å²) in [7, 11) is -2.09. The molecule has 204 valence electrons. The minimum absolute atomic E-state index is 0.0982. The highest BCUT2D eigenvalue weighted by Gasteiger charge is 2.49. The van der Waals surface area contributed by atoms with Gasteiger partial charge in [-0.3, -0.25) is 14.5 Å². The zero-order valence-corrected chi connectivity index (χ0v) is 22.3. The number of hydrogen-bond acceptors (Lipinski definition) is 7. The molecule has 1 atom stereocenters. The fourth-order valence-electron chi connectivity index (χ4n) is 4.69. The molecule has 3 aromatic carbocycles. The third-order valence-corrected chi connectivity index (χ3v) is 8.86. The van der Waals surface area contributed by atoms with E-state index < -0.39 is 40.0 Å². The summed E-state index contributed by atoms with van der Waals surface area (Å²) in [5.74, 6) is -0.447. The number of ether oxygens (including phenoxy) is 2. The Hall–Kier alpha value is -4.00. The summed E-state index contributed by atoms with van der Waals surface area (Å²) in [4.78, 5) is 39.8. The van der Waals surface area contributed by atoms with Crippen molar-refractivity contribution in [3.63, 3.8) is 0 Å². The van der Waals surface area contributed by atoms with Crippen molar-refractivity contribution in [3.8, 4) is 5.75 Å². The maximum Gasteiger partial charge on any atom is 0.325 e. The SMILES string of the molecule is COc1ccc2cc([C@]3(C)NC(=O)N(CC(=O)Nc4ccc(S(=O)(=O)N5CCOCC5)cc4)C3=O)ccc2c1. The number of amides is 4. The quantitative estimate of drug-likeness (QED) is 0.430. The second kappa shape index (κ2) is 10.3. The number of nitrogens with one attached hydrogen (secondary N) is 2. The van der Waals surface area contributed by atoms with Crippen LogP contribution in [0.2, 0.25) is 0 Å². The third-order valence-electron chi connectivity index (χ3n) is 6.95. The van der Waals surface area contributed by atoms with Crippen LogP contribution in [-0.2, 0) is 29.9 Å². The van der Waals surface area contributed by atoms with Crippen molar-refractivity contribution in [1.29, 1.82) is 0 Å². The van der Waals surface area contributed by atoms with E-state index in [0.717, 1.165) is 15.7 Å². The number of fused-ring (bicyclic) bond motifs is 1. The van der Waals surface area contributed by atoms with E-state index in [0.29, 0.717) is 30.2 Å². The Balaban J connectivity index is 1.26. The highest BCUT2D eigenvalue weighted by molar-refractivity contribution is 7.89. The zero-order valence-electron chi connectivity index (χ0n) is 21.5. The number of urea groups is 1. The van der Waals surface area contributed by atoms with Crippen LogP contribution in [0.5, 0.6) is 5.75 Å². The van der Waals surface area contributed by atoms with Gasteiger partial charge in [-0.05, 0) is 65.7 Å².